The van der Waals surface area contributed by atoms with E-state index in [1.54, 1.807) is 6.92 Å². The summed E-state index contributed by atoms with van der Waals surface area (Å²) in [6.45, 7) is 6.71. The van der Waals surface area contributed by atoms with Gasteiger partial charge in [0.05, 0.1) is 5.75 Å². The van der Waals surface area contributed by atoms with E-state index in [4.69, 9.17) is 0 Å². The minimum absolute atomic E-state index is 0.152. The molecule has 0 bridgehead atoms. The van der Waals surface area contributed by atoms with Crippen LogP contribution < -0.4 is 10.0 Å². The van der Waals surface area contributed by atoms with Crippen molar-refractivity contribution < 1.29 is 8.42 Å². The van der Waals surface area contributed by atoms with Gasteiger partial charge in [0, 0.05) is 19.1 Å². The lowest BCUT2D eigenvalue weighted by Gasteiger charge is -2.08. The molecule has 0 aliphatic heterocycles. The first kappa shape index (κ1) is 11.9. The van der Waals surface area contributed by atoms with Gasteiger partial charge in [0.1, 0.15) is 0 Å². The van der Waals surface area contributed by atoms with Crippen molar-refractivity contribution in [3.05, 3.63) is 0 Å². The lowest BCUT2D eigenvalue weighted by Crippen LogP contribution is -2.34. The predicted octanol–water partition coefficient (Wildman–Crippen LogP) is -0.0763. The highest BCUT2D eigenvalue weighted by Crippen LogP contribution is 1.83. The van der Waals surface area contributed by atoms with Crippen molar-refractivity contribution in [2.75, 3.05) is 18.8 Å². The number of sulfonamides is 1. The van der Waals surface area contributed by atoms with Gasteiger partial charge in [-0.1, -0.05) is 20.8 Å². The van der Waals surface area contributed by atoms with Crippen LogP contribution in [0.2, 0.25) is 0 Å². The number of hydrogen-bond donors (Lipinski definition) is 2. The zero-order valence-corrected chi connectivity index (χ0v) is 8.74. The monoisotopic (exact) mass is 194 g/mol. The molecule has 0 amide bonds. The van der Waals surface area contributed by atoms with Crippen molar-refractivity contribution in [1.29, 1.82) is 0 Å². The molecule has 74 valence electrons. The maximum absolute atomic E-state index is 11.1. The van der Waals surface area contributed by atoms with E-state index in [-0.39, 0.29) is 5.75 Å². The van der Waals surface area contributed by atoms with Gasteiger partial charge in [0.15, 0.2) is 0 Å². The maximum Gasteiger partial charge on any atom is 0.212 e. The summed E-state index contributed by atoms with van der Waals surface area (Å²) >= 11 is 0. The van der Waals surface area contributed by atoms with Crippen LogP contribution >= 0.6 is 0 Å². The molecular weight excluding hydrogens is 176 g/mol. The predicted molar refractivity (Wildman–Crippen MR) is 50.6 cm³/mol. The average Bonchev–Trinajstić information content (AvgIpc) is 1.85. The van der Waals surface area contributed by atoms with Crippen molar-refractivity contribution in [2.45, 2.75) is 26.8 Å². The minimum Gasteiger partial charge on any atom is -0.313 e. The van der Waals surface area contributed by atoms with Gasteiger partial charge in [0.2, 0.25) is 10.0 Å². The summed E-state index contributed by atoms with van der Waals surface area (Å²) in [5.41, 5.74) is 0. The van der Waals surface area contributed by atoms with Crippen LogP contribution in [0.3, 0.4) is 0 Å². The van der Waals surface area contributed by atoms with Crippen LogP contribution in [0, 0.1) is 0 Å². The Morgan fingerprint density at radius 2 is 1.92 bits per heavy atom. The first-order chi connectivity index (χ1) is 5.48. The lowest BCUT2D eigenvalue weighted by atomic mass is 10.4. The van der Waals surface area contributed by atoms with Crippen molar-refractivity contribution in [3.63, 3.8) is 0 Å². The third kappa shape index (κ3) is 6.57. The zero-order valence-electron chi connectivity index (χ0n) is 7.92. The molecule has 0 unspecified atom stereocenters. The van der Waals surface area contributed by atoms with Crippen molar-refractivity contribution >= 4 is 10.0 Å². The summed E-state index contributed by atoms with van der Waals surface area (Å²) in [6.07, 6.45) is 0. The molecule has 0 aromatic rings. The second kappa shape index (κ2) is 5.50. The van der Waals surface area contributed by atoms with Gasteiger partial charge in [-0.3, -0.25) is 0 Å². The van der Waals surface area contributed by atoms with E-state index in [2.05, 4.69) is 10.0 Å². The van der Waals surface area contributed by atoms with E-state index in [9.17, 15) is 8.42 Å². The highest BCUT2D eigenvalue weighted by Gasteiger charge is 2.07. The second-order valence-corrected chi connectivity index (χ2v) is 4.85. The molecule has 0 radical (unpaired) electrons. The molecule has 5 heteroatoms. The van der Waals surface area contributed by atoms with E-state index in [1.807, 2.05) is 13.8 Å². The van der Waals surface area contributed by atoms with Gasteiger partial charge in [0.25, 0.3) is 0 Å². The van der Waals surface area contributed by atoms with Crippen LogP contribution in [-0.4, -0.2) is 33.3 Å². The molecule has 0 aromatic carbocycles. The van der Waals surface area contributed by atoms with Crippen molar-refractivity contribution in [2.24, 2.45) is 0 Å². The van der Waals surface area contributed by atoms with E-state index in [1.165, 1.54) is 0 Å². The van der Waals surface area contributed by atoms with Crippen LogP contribution in [0.15, 0.2) is 0 Å². The molecular formula is C7H18N2O2S. The van der Waals surface area contributed by atoms with Crippen LogP contribution in [-0.2, 0) is 10.0 Å². The van der Waals surface area contributed by atoms with Crippen LogP contribution in [0.1, 0.15) is 20.8 Å². The largest absolute Gasteiger partial charge is 0.313 e. The molecule has 12 heavy (non-hydrogen) atoms. The SMILES string of the molecule is CCNS(=O)(=O)CCNC(C)C. The summed E-state index contributed by atoms with van der Waals surface area (Å²) in [6, 6.07) is 0.335. The smallest absolute Gasteiger partial charge is 0.212 e. The highest BCUT2D eigenvalue weighted by atomic mass is 32.2. The zero-order chi connectivity index (χ0) is 9.61. The fourth-order valence-electron chi connectivity index (χ4n) is 0.774. The van der Waals surface area contributed by atoms with Crippen molar-refractivity contribution in [1.82, 2.24) is 10.0 Å². The molecule has 0 atom stereocenters. The Kier molecular flexibility index (Phi) is 5.44. The number of rotatable bonds is 6. The van der Waals surface area contributed by atoms with Crippen molar-refractivity contribution in [3.8, 4) is 0 Å². The molecule has 0 rings (SSSR count). The summed E-state index contributed by atoms with van der Waals surface area (Å²) in [4.78, 5) is 0. The van der Waals surface area contributed by atoms with Gasteiger partial charge >= 0.3 is 0 Å². The third-order valence-electron chi connectivity index (χ3n) is 1.29. The van der Waals surface area contributed by atoms with E-state index in [0.29, 0.717) is 19.1 Å². The molecule has 0 fully saturated rings. The first-order valence-electron chi connectivity index (χ1n) is 4.18. The van der Waals surface area contributed by atoms with E-state index in [0.717, 1.165) is 0 Å². The Bertz CT molecular complexity index is 199. The Morgan fingerprint density at radius 3 is 2.33 bits per heavy atom. The molecule has 0 aliphatic rings. The quantitative estimate of drug-likeness (QED) is 0.622. The maximum atomic E-state index is 11.1. The first-order valence-corrected chi connectivity index (χ1v) is 5.84. The third-order valence-corrected chi connectivity index (χ3v) is 2.76. The molecule has 0 saturated carbocycles. The number of hydrogen-bond acceptors (Lipinski definition) is 3. The summed E-state index contributed by atoms with van der Waals surface area (Å²) in [7, 11) is -3.04. The summed E-state index contributed by atoms with van der Waals surface area (Å²) in [5.74, 6) is 0.152. The van der Waals surface area contributed by atoms with Crippen LogP contribution in [0.4, 0.5) is 0 Å². The Labute approximate surface area is 74.8 Å². The van der Waals surface area contributed by atoms with Gasteiger partial charge in [-0.25, -0.2) is 13.1 Å². The number of nitrogens with one attached hydrogen (secondary N) is 2. The standard InChI is InChI=1S/C7H18N2O2S/c1-4-9-12(10,11)6-5-8-7(2)3/h7-9H,4-6H2,1-3H3. The molecule has 0 aliphatic carbocycles. The second-order valence-electron chi connectivity index (χ2n) is 2.93. The Morgan fingerprint density at radius 1 is 1.33 bits per heavy atom. The van der Waals surface area contributed by atoms with E-state index >= 15 is 0 Å². The molecule has 0 saturated heterocycles. The minimum atomic E-state index is -3.04. The molecule has 0 heterocycles. The molecule has 0 aromatic heterocycles. The van der Waals surface area contributed by atoms with Gasteiger partial charge in [-0.2, -0.15) is 0 Å². The topological polar surface area (TPSA) is 58.2 Å². The van der Waals surface area contributed by atoms with Gasteiger partial charge in [-0.15, -0.1) is 0 Å². The normalized spacial score (nSPS) is 12.3. The average molecular weight is 194 g/mol. The fraction of sp³-hybridized carbons (Fsp3) is 1.00. The summed E-state index contributed by atoms with van der Waals surface area (Å²) in [5, 5.41) is 3.04. The van der Waals surface area contributed by atoms with Crippen LogP contribution in [0.25, 0.3) is 0 Å². The van der Waals surface area contributed by atoms with E-state index < -0.39 is 10.0 Å². The Balaban J connectivity index is 3.62. The Hall–Kier alpha value is -0.130. The van der Waals surface area contributed by atoms with Gasteiger partial charge < -0.3 is 5.32 Å². The fourth-order valence-corrected chi connectivity index (χ4v) is 1.74. The molecule has 0 spiro atoms. The lowest BCUT2D eigenvalue weighted by molar-refractivity contribution is 0.568. The van der Waals surface area contributed by atoms with Crippen LogP contribution in [0.5, 0.6) is 0 Å². The summed E-state index contributed by atoms with van der Waals surface area (Å²) < 4.78 is 24.5. The highest BCUT2D eigenvalue weighted by molar-refractivity contribution is 7.89. The molecule has 4 nitrogen and oxygen atoms in total. The molecule has 2 N–H and O–H groups in total. The van der Waals surface area contributed by atoms with Gasteiger partial charge in [-0.05, 0) is 0 Å².